The molecule has 1 aliphatic heterocycles. The third-order valence-corrected chi connectivity index (χ3v) is 6.14. The highest BCUT2D eigenvalue weighted by Gasteiger charge is 2.65. The molecule has 0 radical (unpaired) electrons. The summed E-state index contributed by atoms with van der Waals surface area (Å²) in [6, 6.07) is 21.5. The molecule has 2 heterocycles. The van der Waals surface area contributed by atoms with Gasteiger partial charge in [-0.3, -0.25) is 19.9 Å². The van der Waals surface area contributed by atoms with Gasteiger partial charge < -0.3 is 9.72 Å². The number of benzene rings is 3. The van der Waals surface area contributed by atoms with Gasteiger partial charge in [-0.1, -0.05) is 48.5 Å². The zero-order valence-corrected chi connectivity index (χ0v) is 17.5. The number of hydroxylamine groups is 1. The molecule has 0 saturated carbocycles. The van der Waals surface area contributed by atoms with Crippen LogP contribution in [0, 0.1) is 0 Å². The number of carbonyl (C=O) groups excluding carboxylic acids is 2. The average Bonchev–Trinajstić information content (AvgIpc) is 3.50. The number of carbonyl (C=O) groups is 2. The number of nitrogens with zero attached hydrogens (tertiary/aromatic N) is 2. The summed E-state index contributed by atoms with van der Waals surface area (Å²) in [6.45, 7) is 0. The SMILES string of the molecule is COc1ccc(C2/C(=N/c3nc4ccccc4[nH]3)NOC23C(=O)c2ccccc2C3=O)cc1. The van der Waals surface area contributed by atoms with E-state index in [1.807, 2.05) is 24.3 Å². The van der Waals surface area contributed by atoms with Crippen molar-refractivity contribution in [3.8, 4) is 5.75 Å². The van der Waals surface area contributed by atoms with Gasteiger partial charge in [0, 0.05) is 11.1 Å². The Bertz CT molecular complexity index is 1390. The van der Waals surface area contributed by atoms with Crippen LogP contribution in [0.1, 0.15) is 32.2 Å². The third-order valence-electron chi connectivity index (χ3n) is 6.14. The molecular weight excluding hydrogens is 420 g/mol. The highest BCUT2D eigenvalue weighted by molar-refractivity contribution is 6.35. The number of imidazole rings is 1. The van der Waals surface area contributed by atoms with Crippen LogP contribution in [0.15, 0.2) is 77.8 Å². The van der Waals surface area contributed by atoms with Gasteiger partial charge in [0.25, 0.3) is 0 Å². The first-order valence-electron chi connectivity index (χ1n) is 10.4. The van der Waals surface area contributed by atoms with Crippen LogP contribution in [0.2, 0.25) is 0 Å². The van der Waals surface area contributed by atoms with Crippen LogP contribution in [0.3, 0.4) is 0 Å². The van der Waals surface area contributed by atoms with Crippen molar-refractivity contribution in [2.45, 2.75) is 11.5 Å². The number of nitrogens with one attached hydrogen (secondary N) is 2. The van der Waals surface area contributed by atoms with E-state index in [1.54, 1.807) is 55.6 Å². The summed E-state index contributed by atoms with van der Waals surface area (Å²) in [7, 11) is 1.58. The number of Topliss-reactive ketones (excluding diaryl/α,β-unsaturated/α-hetero) is 2. The van der Waals surface area contributed by atoms with Crippen molar-refractivity contribution in [3.63, 3.8) is 0 Å². The lowest BCUT2D eigenvalue weighted by Crippen LogP contribution is -2.46. The quantitative estimate of drug-likeness (QED) is 0.472. The molecule has 8 nitrogen and oxygen atoms in total. The maximum absolute atomic E-state index is 13.6. The topological polar surface area (TPSA) is 106 Å². The van der Waals surface area contributed by atoms with Crippen molar-refractivity contribution >= 4 is 34.4 Å². The predicted molar refractivity (Wildman–Crippen MR) is 121 cm³/mol. The summed E-state index contributed by atoms with van der Waals surface area (Å²) in [6.07, 6.45) is 0. The van der Waals surface area contributed by atoms with Crippen LogP contribution >= 0.6 is 0 Å². The minimum atomic E-state index is -1.79. The zero-order valence-electron chi connectivity index (χ0n) is 17.5. The third kappa shape index (κ3) is 2.74. The van der Waals surface area contributed by atoms with Gasteiger partial charge in [-0.2, -0.15) is 4.99 Å². The van der Waals surface area contributed by atoms with Gasteiger partial charge in [-0.05, 0) is 29.8 Å². The molecule has 6 rings (SSSR count). The molecule has 0 bridgehead atoms. The molecule has 4 aromatic rings. The van der Waals surface area contributed by atoms with Crippen molar-refractivity contribution in [2.75, 3.05) is 7.11 Å². The van der Waals surface area contributed by atoms with E-state index >= 15 is 0 Å². The first-order valence-corrected chi connectivity index (χ1v) is 10.4. The summed E-state index contributed by atoms with van der Waals surface area (Å²) >= 11 is 0. The van der Waals surface area contributed by atoms with E-state index in [0.717, 1.165) is 11.0 Å². The monoisotopic (exact) mass is 438 g/mol. The number of hydrogen-bond acceptors (Lipinski definition) is 6. The van der Waals surface area contributed by atoms with Gasteiger partial charge in [0.1, 0.15) is 11.6 Å². The van der Waals surface area contributed by atoms with E-state index in [9.17, 15) is 9.59 Å². The Labute approximate surface area is 188 Å². The highest BCUT2D eigenvalue weighted by atomic mass is 16.7. The van der Waals surface area contributed by atoms with E-state index in [-0.39, 0.29) is 0 Å². The normalized spacial score (nSPS) is 19.9. The van der Waals surface area contributed by atoms with Gasteiger partial charge in [0.15, 0.2) is 0 Å². The summed E-state index contributed by atoms with van der Waals surface area (Å²) < 4.78 is 5.27. The predicted octanol–water partition coefficient (Wildman–Crippen LogP) is 3.74. The minimum Gasteiger partial charge on any atom is -0.497 e. The van der Waals surface area contributed by atoms with Crippen molar-refractivity contribution in [2.24, 2.45) is 4.99 Å². The largest absolute Gasteiger partial charge is 0.497 e. The van der Waals surface area contributed by atoms with Gasteiger partial charge in [-0.25, -0.2) is 4.98 Å². The second-order valence-corrected chi connectivity index (χ2v) is 7.92. The minimum absolute atomic E-state index is 0.314. The molecule has 162 valence electrons. The number of H-pyrrole nitrogens is 1. The zero-order chi connectivity index (χ0) is 22.6. The van der Waals surface area contributed by atoms with Crippen molar-refractivity contribution in [1.82, 2.24) is 15.4 Å². The Morgan fingerprint density at radius 3 is 2.27 bits per heavy atom. The van der Waals surface area contributed by atoms with Crippen LogP contribution in [0.4, 0.5) is 5.95 Å². The van der Waals surface area contributed by atoms with Gasteiger partial charge in [0.2, 0.25) is 23.1 Å². The lowest BCUT2D eigenvalue weighted by molar-refractivity contribution is -0.0171. The molecule has 8 heteroatoms. The van der Waals surface area contributed by atoms with Crippen LogP contribution in [0.25, 0.3) is 11.0 Å². The van der Waals surface area contributed by atoms with Crippen LogP contribution in [0.5, 0.6) is 5.75 Å². The fraction of sp³-hybridized carbons (Fsp3) is 0.120. The Hall–Kier alpha value is -4.30. The fourth-order valence-corrected chi connectivity index (χ4v) is 4.56. The number of para-hydroxylation sites is 2. The van der Waals surface area contributed by atoms with Crippen LogP contribution in [-0.2, 0) is 4.84 Å². The first kappa shape index (κ1) is 19.4. The van der Waals surface area contributed by atoms with Gasteiger partial charge in [0.05, 0.1) is 24.1 Å². The number of aromatic amines is 1. The van der Waals surface area contributed by atoms with E-state index in [2.05, 4.69) is 20.4 Å². The molecule has 3 aromatic carbocycles. The summed E-state index contributed by atoms with van der Waals surface area (Å²) in [5.41, 5.74) is 3.93. The number of aliphatic imine (C=N–C) groups is 1. The molecular formula is C25H18N4O4. The maximum Gasteiger partial charge on any atom is 0.234 e. The molecule has 1 aliphatic carbocycles. The molecule has 2 N–H and O–H groups in total. The number of hydrogen-bond donors (Lipinski definition) is 2. The standard InChI is InChI=1S/C25H18N4O4/c1-32-15-12-10-14(11-13-15)20-23(28-24-26-18-8-4-5-9-19(18)27-24)29-33-25(20)21(30)16-6-2-3-7-17(16)22(25)31/h2-13,20H,1H3,(H2,26,27,28,29). The Morgan fingerprint density at radius 2 is 1.61 bits per heavy atom. The number of ether oxygens (including phenoxy) is 1. The van der Waals surface area contributed by atoms with Crippen LogP contribution in [-0.4, -0.2) is 40.1 Å². The Balaban J connectivity index is 1.52. The molecule has 1 atom stereocenters. The maximum atomic E-state index is 13.6. The smallest absolute Gasteiger partial charge is 0.234 e. The second kappa shape index (κ2) is 7.11. The number of fused-ring (bicyclic) bond motifs is 2. The van der Waals surface area contributed by atoms with E-state index < -0.39 is 23.1 Å². The number of aromatic nitrogens is 2. The second-order valence-electron chi connectivity index (χ2n) is 7.92. The van der Waals surface area contributed by atoms with E-state index in [1.165, 1.54) is 0 Å². The molecule has 1 unspecified atom stereocenters. The molecule has 0 amide bonds. The fourth-order valence-electron chi connectivity index (χ4n) is 4.56. The molecule has 2 aliphatic rings. The number of rotatable bonds is 3. The number of methoxy groups -OCH3 is 1. The van der Waals surface area contributed by atoms with Crippen molar-refractivity contribution in [1.29, 1.82) is 0 Å². The lowest BCUT2D eigenvalue weighted by atomic mass is 9.78. The number of ketones is 2. The van der Waals surface area contributed by atoms with Crippen molar-refractivity contribution in [3.05, 3.63) is 89.5 Å². The first-order chi connectivity index (χ1) is 16.1. The summed E-state index contributed by atoms with van der Waals surface area (Å²) in [5, 5.41) is 0. The number of amidine groups is 1. The molecule has 33 heavy (non-hydrogen) atoms. The van der Waals surface area contributed by atoms with Crippen LogP contribution < -0.4 is 10.2 Å². The van der Waals surface area contributed by atoms with Crippen molar-refractivity contribution < 1.29 is 19.2 Å². The Morgan fingerprint density at radius 1 is 0.939 bits per heavy atom. The highest BCUT2D eigenvalue weighted by Crippen LogP contribution is 2.46. The van der Waals surface area contributed by atoms with Gasteiger partial charge in [-0.15, -0.1) is 0 Å². The Kier molecular flexibility index (Phi) is 4.18. The molecule has 1 saturated heterocycles. The van der Waals surface area contributed by atoms with Gasteiger partial charge >= 0.3 is 0 Å². The molecule has 1 spiro atoms. The average molecular weight is 438 g/mol. The lowest BCUT2D eigenvalue weighted by Gasteiger charge is -2.24. The van der Waals surface area contributed by atoms with E-state index in [0.29, 0.717) is 34.2 Å². The molecule has 1 aromatic heterocycles. The summed E-state index contributed by atoms with van der Waals surface area (Å²) in [4.78, 5) is 45.3. The van der Waals surface area contributed by atoms with E-state index in [4.69, 9.17) is 9.57 Å². The summed E-state index contributed by atoms with van der Waals surface area (Å²) in [5.74, 6) is -0.286. The molecule has 1 fully saturated rings.